The Morgan fingerprint density at radius 3 is 1.59 bits per heavy atom. The van der Waals surface area contributed by atoms with Crippen molar-refractivity contribution in [3.63, 3.8) is 0 Å². The van der Waals surface area contributed by atoms with Crippen molar-refractivity contribution in [2.24, 2.45) is 0 Å². The monoisotopic (exact) mass is 388 g/mol. The van der Waals surface area contributed by atoms with Gasteiger partial charge in [0.25, 0.3) is 11.4 Å². The van der Waals surface area contributed by atoms with E-state index in [1.807, 2.05) is 6.08 Å². The highest BCUT2D eigenvalue weighted by molar-refractivity contribution is 5.63. The summed E-state index contributed by atoms with van der Waals surface area (Å²) in [7, 11) is 0. The Morgan fingerprint density at radius 2 is 1.17 bits per heavy atom. The zero-order valence-electron chi connectivity index (χ0n) is 15.6. The summed E-state index contributed by atoms with van der Waals surface area (Å²) in [6, 6.07) is 24.3. The van der Waals surface area contributed by atoms with Crippen molar-refractivity contribution in [3.8, 4) is 0 Å². The van der Waals surface area contributed by atoms with Gasteiger partial charge in [0.2, 0.25) is 0 Å². The third kappa shape index (κ3) is 6.55. The number of non-ortho nitro benzene ring substituents is 2. The molecule has 1 aliphatic carbocycles. The van der Waals surface area contributed by atoms with Gasteiger partial charge in [0.15, 0.2) is 0 Å². The molecule has 0 saturated carbocycles. The maximum absolute atomic E-state index is 10.0. The van der Waals surface area contributed by atoms with Crippen LogP contribution in [0.25, 0.3) is 6.08 Å². The number of hydrogen-bond acceptors (Lipinski definition) is 4. The van der Waals surface area contributed by atoms with E-state index in [1.165, 1.54) is 35.4 Å². The van der Waals surface area contributed by atoms with E-state index in [0.29, 0.717) is 5.92 Å². The number of nitro benzene ring substituents is 2. The lowest BCUT2D eigenvalue weighted by Crippen LogP contribution is -1.86. The number of fused-ring (bicyclic) bond motifs is 1. The van der Waals surface area contributed by atoms with E-state index in [1.54, 1.807) is 36.4 Å². The van der Waals surface area contributed by atoms with E-state index in [4.69, 9.17) is 0 Å². The van der Waals surface area contributed by atoms with Gasteiger partial charge in [-0.3, -0.25) is 20.2 Å². The first-order chi connectivity index (χ1) is 14.0. The van der Waals surface area contributed by atoms with Gasteiger partial charge in [0.05, 0.1) is 9.85 Å². The minimum Gasteiger partial charge on any atom is -0.258 e. The van der Waals surface area contributed by atoms with Crippen LogP contribution >= 0.6 is 0 Å². The first-order valence-electron chi connectivity index (χ1n) is 8.81. The van der Waals surface area contributed by atoms with Gasteiger partial charge in [-0.1, -0.05) is 78.9 Å². The fourth-order valence-electron chi connectivity index (χ4n) is 2.58. The molecule has 0 heterocycles. The van der Waals surface area contributed by atoms with Crippen LogP contribution in [0.15, 0.2) is 104 Å². The van der Waals surface area contributed by atoms with Gasteiger partial charge in [-0.05, 0) is 11.1 Å². The lowest BCUT2D eigenvalue weighted by Gasteiger charge is -2.03. The predicted octanol–water partition coefficient (Wildman–Crippen LogP) is 6.17. The molecule has 0 bridgehead atoms. The van der Waals surface area contributed by atoms with Gasteiger partial charge < -0.3 is 0 Å². The highest BCUT2D eigenvalue weighted by atomic mass is 16.6. The first kappa shape index (κ1) is 21.2. The minimum absolute atomic E-state index is 0.137. The zero-order valence-corrected chi connectivity index (χ0v) is 15.6. The topological polar surface area (TPSA) is 86.3 Å². The van der Waals surface area contributed by atoms with E-state index < -0.39 is 9.85 Å². The van der Waals surface area contributed by atoms with Gasteiger partial charge in [-0.15, -0.1) is 6.58 Å². The standard InChI is InChI=1S/C11H10.2C6H5NO2/c1-2-9-7-8-10-5-3-4-6-11(9)10;2*8-7(9)6-4-2-1-3-5-6/h2-9H,1H2;2*1-5H. The number of nitrogens with zero attached hydrogens (tertiary/aromatic N) is 2. The van der Waals surface area contributed by atoms with Crippen molar-refractivity contribution in [3.05, 3.63) is 135 Å². The molecule has 1 aliphatic rings. The molecule has 1 atom stereocenters. The van der Waals surface area contributed by atoms with Gasteiger partial charge >= 0.3 is 0 Å². The molecule has 0 radical (unpaired) electrons. The van der Waals surface area contributed by atoms with E-state index in [9.17, 15) is 20.2 Å². The number of benzene rings is 3. The molecule has 146 valence electrons. The molecular weight excluding hydrogens is 368 g/mol. The molecule has 0 aliphatic heterocycles. The number of hydrogen-bond donors (Lipinski definition) is 0. The van der Waals surface area contributed by atoms with E-state index >= 15 is 0 Å². The number of rotatable bonds is 3. The second-order valence-electron chi connectivity index (χ2n) is 5.93. The Labute approximate surface area is 168 Å². The van der Waals surface area contributed by atoms with Crippen LogP contribution in [0.5, 0.6) is 0 Å². The molecular formula is C23H20N2O4. The van der Waals surface area contributed by atoms with E-state index in [0.717, 1.165) is 0 Å². The third-order valence-electron chi connectivity index (χ3n) is 4.03. The Balaban J connectivity index is 0.000000157. The van der Waals surface area contributed by atoms with Crippen molar-refractivity contribution in [1.82, 2.24) is 0 Å². The van der Waals surface area contributed by atoms with E-state index in [-0.39, 0.29) is 11.4 Å². The molecule has 0 saturated heterocycles. The van der Waals surface area contributed by atoms with Gasteiger partial charge in [0.1, 0.15) is 0 Å². The Morgan fingerprint density at radius 1 is 0.724 bits per heavy atom. The average Bonchev–Trinajstić information content (AvgIpc) is 3.19. The van der Waals surface area contributed by atoms with Crippen LogP contribution in [-0.4, -0.2) is 9.85 Å². The Bertz CT molecular complexity index is 937. The summed E-state index contributed by atoms with van der Waals surface area (Å²) in [5, 5.41) is 20.0. The quantitative estimate of drug-likeness (QED) is 0.305. The molecule has 0 aromatic heterocycles. The third-order valence-corrected chi connectivity index (χ3v) is 4.03. The van der Waals surface area contributed by atoms with Crippen LogP contribution in [0.1, 0.15) is 17.0 Å². The highest BCUT2D eigenvalue weighted by Gasteiger charge is 2.11. The smallest absolute Gasteiger partial charge is 0.258 e. The number of allylic oxidation sites excluding steroid dienone is 2. The highest BCUT2D eigenvalue weighted by Crippen LogP contribution is 2.29. The molecule has 3 aromatic carbocycles. The predicted molar refractivity (Wildman–Crippen MR) is 115 cm³/mol. The first-order valence-corrected chi connectivity index (χ1v) is 8.81. The maximum atomic E-state index is 10.0. The van der Waals surface area contributed by atoms with Crippen LogP contribution < -0.4 is 0 Å². The molecule has 6 nitrogen and oxygen atoms in total. The van der Waals surface area contributed by atoms with Crippen molar-refractivity contribution in [1.29, 1.82) is 0 Å². The van der Waals surface area contributed by atoms with Crippen LogP contribution in [0.3, 0.4) is 0 Å². The SMILES string of the molecule is C=CC1C=Cc2ccccc21.O=[N+]([O-])c1ccccc1.O=[N+]([O-])c1ccccc1. The van der Waals surface area contributed by atoms with Crippen molar-refractivity contribution in [2.45, 2.75) is 5.92 Å². The molecule has 6 heteroatoms. The van der Waals surface area contributed by atoms with Crippen LogP contribution in [-0.2, 0) is 0 Å². The molecule has 1 unspecified atom stereocenters. The molecule has 4 rings (SSSR count). The van der Waals surface area contributed by atoms with Gasteiger partial charge in [0, 0.05) is 30.2 Å². The minimum atomic E-state index is -0.417. The van der Waals surface area contributed by atoms with Crippen molar-refractivity contribution < 1.29 is 9.85 Å². The lowest BCUT2D eigenvalue weighted by atomic mass is 10.0. The summed E-state index contributed by atoms with van der Waals surface area (Å²) in [6.07, 6.45) is 6.31. The molecule has 3 aromatic rings. The molecule has 0 fully saturated rings. The summed E-state index contributed by atoms with van der Waals surface area (Å²) in [4.78, 5) is 19.2. The summed E-state index contributed by atoms with van der Waals surface area (Å²) < 4.78 is 0. The summed E-state index contributed by atoms with van der Waals surface area (Å²) in [5.74, 6) is 0.436. The van der Waals surface area contributed by atoms with Crippen molar-refractivity contribution in [2.75, 3.05) is 0 Å². The second kappa shape index (κ2) is 10.9. The van der Waals surface area contributed by atoms with Gasteiger partial charge in [-0.25, -0.2) is 0 Å². The maximum Gasteiger partial charge on any atom is 0.269 e. The fourth-order valence-corrected chi connectivity index (χ4v) is 2.58. The van der Waals surface area contributed by atoms with Crippen molar-refractivity contribution >= 4 is 17.5 Å². The Kier molecular flexibility index (Phi) is 8.01. The average molecular weight is 388 g/mol. The Hall–Kier alpha value is -4.06. The molecule has 0 N–H and O–H groups in total. The van der Waals surface area contributed by atoms with Crippen LogP contribution in [0.2, 0.25) is 0 Å². The molecule has 0 spiro atoms. The van der Waals surface area contributed by atoms with Crippen LogP contribution in [0, 0.1) is 20.2 Å². The second-order valence-corrected chi connectivity index (χ2v) is 5.93. The van der Waals surface area contributed by atoms with Gasteiger partial charge in [-0.2, -0.15) is 0 Å². The number of para-hydroxylation sites is 2. The molecule has 0 amide bonds. The molecule has 29 heavy (non-hydrogen) atoms. The van der Waals surface area contributed by atoms with E-state index in [2.05, 4.69) is 43.0 Å². The summed E-state index contributed by atoms with van der Waals surface area (Å²) >= 11 is 0. The normalized spacial score (nSPS) is 13.0. The largest absolute Gasteiger partial charge is 0.269 e. The summed E-state index contributed by atoms with van der Waals surface area (Å²) in [5.41, 5.74) is 2.98. The number of nitro groups is 2. The summed E-state index contributed by atoms with van der Waals surface area (Å²) in [6.45, 7) is 3.79. The zero-order chi connectivity index (χ0) is 21.1. The lowest BCUT2D eigenvalue weighted by molar-refractivity contribution is -0.385. The fraction of sp³-hybridized carbons (Fsp3) is 0.0435. The van der Waals surface area contributed by atoms with Crippen LogP contribution in [0.4, 0.5) is 11.4 Å².